The van der Waals surface area contributed by atoms with Crippen molar-refractivity contribution >= 4 is 11.6 Å². The van der Waals surface area contributed by atoms with Gasteiger partial charge < -0.3 is 16.4 Å². The number of alkyl halides is 1. The van der Waals surface area contributed by atoms with Crippen LogP contribution in [0.5, 0.6) is 0 Å². The van der Waals surface area contributed by atoms with E-state index in [1.165, 1.54) is 12.0 Å². The first-order valence-electron chi connectivity index (χ1n) is 10.6. The largest absolute Gasteiger partial charge is 0.330 e. The molecule has 0 amide bonds. The van der Waals surface area contributed by atoms with E-state index in [1.54, 1.807) is 0 Å². The predicted octanol–water partition coefficient (Wildman–Crippen LogP) is 0.805. The molecule has 0 spiro atoms. The molecule has 1 aliphatic carbocycles. The summed E-state index contributed by atoms with van der Waals surface area (Å²) in [6.45, 7) is 5.97. The van der Waals surface area contributed by atoms with Crippen LogP contribution in [0.3, 0.4) is 0 Å². The van der Waals surface area contributed by atoms with Crippen molar-refractivity contribution in [3.8, 4) is 6.07 Å². The van der Waals surface area contributed by atoms with Gasteiger partial charge in [0.25, 0.3) is 0 Å². The number of nitrogens with zero attached hydrogens (tertiary/aromatic N) is 2. The maximum atomic E-state index is 9.43. The third-order valence-electron chi connectivity index (χ3n) is 7.09. The fraction of sp³-hybridized carbons (Fsp3) is 0.850. The van der Waals surface area contributed by atoms with Gasteiger partial charge in [0.15, 0.2) is 0 Å². The Bertz CT molecular complexity index is 590. The lowest BCUT2D eigenvalue weighted by molar-refractivity contribution is 0.0647. The molecule has 27 heavy (non-hydrogen) atoms. The first-order chi connectivity index (χ1) is 13.2. The molecule has 6 nitrogen and oxygen atoms in total. The van der Waals surface area contributed by atoms with Crippen LogP contribution in [0.15, 0.2) is 11.6 Å². The van der Waals surface area contributed by atoms with Crippen LogP contribution in [0.4, 0.5) is 0 Å². The van der Waals surface area contributed by atoms with Gasteiger partial charge in [-0.1, -0.05) is 11.6 Å². The molecule has 150 valence electrons. The summed E-state index contributed by atoms with van der Waals surface area (Å²) < 4.78 is 0. The smallest absolute Gasteiger partial charge is 0.0689 e. The van der Waals surface area contributed by atoms with Gasteiger partial charge in [0.05, 0.1) is 24.3 Å². The molecule has 4 rings (SSSR count). The van der Waals surface area contributed by atoms with E-state index in [0.29, 0.717) is 23.9 Å². The lowest BCUT2D eigenvalue weighted by Crippen LogP contribution is -2.66. The van der Waals surface area contributed by atoms with Gasteiger partial charge >= 0.3 is 0 Å². The van der Waals surface area contributed by atoms with E-state index in [-0.39, 0.29) is 17.5 Å². The second-order valence-corrected chi connectivity index (χ2v) is 9.28. The van der Waals surface area contributed by atoms with Crippen LogP contribution in [0.2, 0.25) is 0 Å². The zero-order valence-corrected chi connectivity index (χ0v) is 16.8. The molecule has 4 aliphatic rings. The zero-order chi connectivity index (χ0) is 18.8. The van der Waals surface area contributed by atoms with Crippen molar-refractivity contribution in [2.75, 3.05) is 39.3 Å². The number of hydrogen-bond acceptors (Lipinski definition) is 6. The Balaban J connectivity index is 1.47. The Hall–Kier alpha value is -0.680. The van der Waals surface area contributed by atoms with Gasteiger partial charge in [0, 0.05) is 44.0 Å². The van der Waals surface area contributed by atoms with Crippen LogP contribution in [0.25, 0.3) is 0 Å². The minimum absolute atomic E-state index is 0.0111. The Labute approximate surface area is 167 Å². The Morgan fingerprint density at radius 3 is 2.93 bits per heavy atom. The Morgan fingerprint density at radius 2 is 2.22 bits per heavy atom. The molecular formula is C20H33ClN6. The van der Waals surface area contributed by atoms with E-state index in [9.17, 15) is 5.26 Å². The van der Waals surface area contributed by atoms with E-state index in [1.807, 2.05) is 0 Å². The summed E-state index contributed by atoms with van der Waals surface area (Å²) in [5.74, 6) is 1.55. The van der Waals surface area contributed by atoms with Gasteiger partial charge in [-0.25, -0.2) is 0 Å². The molecule has 3 fully saturated rings. The summed E-state index contributed by atoms with van der Waals surface area (Å²) in [5.41, 5.74) is 7.47. The minimum atomic E-state index is -0.0275. The number of nitriles is 1. The Kier molecular flexibility index (Phi) is 6.38. The molecule has 2 saturated heterocycles. The minimum Gasteiger partial charge on any atom is -0.330 e. The van der Waals surface area contributed by atoms with Crippen molar-refractivity contribution in [3.63, 3.8) is 0 Å². The van der Waals surface area contributed by atoms with E-state index in [4.69, 9.17) is 17.3 Å². The van der Waals surface area contributed by atoms with E-state index in [2.05, 4.69) is 33.0 Å². The Morgan fingerprint density at radius 1 is 1.33 bits per heavy atom. The average molecular weight is 393 g/mol. The summed E-state index contributed by atoms with van der Waals surface area (Å²) >= 11 is 6.36. The van der Waals surface area contributed by atoms with Crippen LogP contribution in [0, 0.1) is 35.0 Å². The molecule has 7 heteroatoms. The highest BCUT2D eigenvalue weighted by Crippen LogP contribution is 2.36. The summed E-state index contributed by atoms with van der Waals surface area (Å²) in [6, 6.07) is 2.43. The van der Waals surface area contributed by atoms with Crippen LogP contribution in [-0.2, 0) is 0 Å². The normalized spacial score (nSPS) is 43.4. The van der Waals surface area contributed by atoms with E-state index < -0.39 is 0 Å². The van der Waals surface area contributed by atoms with E-state index in [0.717, 1.165) is 58.5 Å². The SMILES string of the molecule is N#CC1CC(C2NCC(C3=CCNC3)C(N3CCC(CN)C3)N2)CCC1Cl. The monoisotopic (exact) mass is 392 g/mol. The molecule has 5 N–H and O–H groups in total. The van der Waals surface area contributed by atoms with Crippen molar-refractivity contribution in [1.82, 2.24) is 20.9 Å². The molecule has 3 aliphatic heterocycles. The van der Waals surface area contributed by atoms with Crippen LogP contribution in [-0.4, -0.2) is 61.9 Å². The first kappa shape index (κ1) is 19.6. The molecule has 1 saturated carbocycles. The summed E-state index contributed by atoms with van der Waals surface area (Å²) in [6.07, 6.45) is 7.10. The molecule has 0 aromatic carbocycles. The standard InChI is InChI=1S/C20H33ClN6/c21-18-2-1-14(7-16(18)9-23)19-25-11-17(15-3-5-24-10-15)20(26-19)27-6-4-13(8-22)12-27/h3,13-14,16-20,24-26H,1-2,4-8,10-12,22H2. The van der Waals surface area contributed by atoms with Gasteiger partial charge in [-0.2, -0.15) is 5.26 Å². The summed E-state index contributed by atoms with van der Waals surface area (Å²) in [7, 11) is 0. The zero-order valence-electron chi connectivity index (χ0n) is 16.0. The second-order valence-electron chi connectivity index (χ2n) is 8.72. The molecule has 0 radical (unpaired) electrons. The van der Waals surface area contributed by atoms with Crippen molar-refractivity contribution < 1.29 is 0 Å². The molecule has 3 heterocycles. The van der Waals surface area contributed by atoms with Gasteiger partial charge in [-0.05, 0) is 44.1 Å². The van der Waals surface area contributed by atoms with Crippen molar-refractivity contribution in [3.05, 3.63) is 11.6 Å². The maximum absolute atomic E-state index is 9.43. The quantitative estimate of drug-likeness (QED) is 0.418. The molecular weight excluding hydrogens is 360 g/mol. The van der Waals surface area contributed by atoms with Gasteiger partial charge in [0.2, 0.25) is 0 Å². The van der Waals surface area contributed by atoms with Gasteiger partial charge in [-0.3, -0.25) is 10.2 Å². The molecule has 7 atom stereocenters. The molecule has 7 unspecified atom stereocenters. The summed E-state index contributed by atoms with van der Waals surface area (Å²) in [5, 5.41) is 20.6. The molecule has 0 bridgehead atoms. The third kappa shape index (κ3) is 4.19. The summed E-state index contributed by atoms with van der Waals surface area (Å²) in [4.78, 5) is 2.62. The predicted molar refractivity (Wildman–Crippen MR) is 108 cm³/mol. The van der Waals surface area contributed by atoms with Crippen LogP contribution < -0.4 is 21.7 Å². The lowest BCUT2D eigenvalue weighted by Gasteiger charge is -2.47. The first-order valence-corrected chi connectivity index (χ1v) is 11.0. The fourth-order valence-electron chi connectivity index (χ4n) is 5.41. The number of hydrogen-bond donors (Lipinski definition) is 4. The fourth-order valence-corrected chi connectivity index (χ4v) is 5.69. The molecule has 0 aromatic rings. The average Bonchev–Trinajstić information content (AvgIpc) is 3.40. The van der Waals surface area contributed by atoms with Gasteiger partial charge in [0.1, 0.15) is 0 Å². The van der Waals surface area contributed by atoms with Crippen molar-refractivity contribution in [2.24, 2.45) is 29.4 Å². The second kappa shape index (κ2) is 8.77. The highest BCUT2D eigenvalue weighted by Gasteiger charge is 2.42. The topological polar surface area (TPSA) is 89.1 Å². The number of halogens is 1. The third-order valence-corrected chi connectivity index (χ3v) is 7.61. The van der Waals surface area contributed by atoms with Crippen molar-refractivity contribution in [2.45, 2.75) is 43.4 Å². The maximum Gasteiger partial charge on any atom is 0.0689 e. The number of rotatable bonds is 4. The number of likely N-dealkylation sites (tertiary alicyclic amines) is 1. The van der Waals surface area contributed by atoms with Crippen LogP contribution >= 0.6 is 11.6 Å². The highest BCUT2D eigenvalue weighted by molar-refractivity contribution is 6.21. The number of nitrogens with one attached hydrogen (secondary N) is 3. The van der Waals surface area contributed by atoms with Crippen molar-refractivity contribution in [1.29, 1.82) is 5.26 Å². The van der Waals surface area contributed by atoms with E-state index >= 15 is 0 Å². The number of nitrogens with two attached hydrogens (primary N) is 1. The van der Waals surface area contributed by atoms with Gasteiger partial charge in [-0.15, -0.1) is 11.6 Å². The lowest BCUT2D eigenvalue weighted by atomic mass is 9.79. The molecule has 0 aromatic heterocycles. The van der Waals surface area contributed by atoms with Crippen LogP contribution in [0.1, 0.15) is 25.7 Å². The highest BCUT2D eigenvalue weighted by atomic mass is 35.5.